The number of hydrogen-bond acceptors (Lipinski definition) is 5. The second kappa shape index (κ2) is 9.57. The van der Waals surface area contributed by atoms with E-state index in [1.54, 1.807) is 31.1 Å². The van der Waals surface area contributed by atoms with Gasteiger partial charge in [0.1, 0.15) is 17.2 Å². The molecule has 4 rings (SSSR count). The number of fused-ring (bicyclic) bond motifs is 3. The van der Waals surface area contributed by atoms with Crippen LogP contribution in [0.5, 0.6) is 0 Å². The van der Waals surface area contributed by atoms with Gasteiger partial charge in [-0.2, -0.15) is 0 Å². The van der Waals surface area contributed by atoms with E-state index in [1.807, 2.05) is 18.2 Å². The highest BCUT2D eigenvalue weighted by Gasteiger charge is 2.16. The summed E-state index contributed by atoms with van der Waals surface area (Å²) in [6.45, 7) is 2.89. The van der Waals surface area contributed by atoms with Crippen LogP contribution in [0.25, 0.3) is 21.9 Å². The molecule has 2 heterocycles. The Kier molecular flexibility index (Phi) is 6.58. The molecule has 2 aromatic carbocycles. The highest BCUT2D eigenvalue weighted by atomic mass is 19.1. The number of aromatic nitrogens is 3. The van der Waals surface area contributed by atoms with Gasteiger partial charge in [-0.1, -0.05) is 31.5 Å². The van der Waals surface area contributed by atoms with Crippen molar-refractivity contribution in [1.29, 1.82) is 0 Å². The monoisotopic (exact) mass is 447 g/mol. The summed E-state index contributed by atoms with van der Waals surface area (Å²) in [6, 6.07) is 12.7. The molecule has 0 aliphatic rings. The average molecular weight is 448 g/mol. The number of aryl methyl sites for hydroxylation is 2. The largest absolute Gasteiger partial charge is 0.382 e. The first-order chi connectivity index (χ1) is 15.9. The van der Waals surface area contributed by atoms with Gasteiger partial charge in [-0.15, -0.1) is 0 Å². The molecule has 4 aromatic rings. The van der Waals surface area contributed by atoms with Crippen molar-refractivity contribution in [2.75, 3.05) is 24.7 Å². The predicted molar refractivity (Wildman–Crippen MR) is 132 cm³/mol. The van der Waals surface area contributed by atoms with Gasteiger partial charge in [0.15, 0.2) is 11.6 Å². The topological polar surface area (TPSA) is 77.0 Å². The zero-order valence-corrected chi connectivity index (χ0v) is 19.4. The summed E-state index contributed by atoms with van der Waals surface area (Å²) in [5, 5.41) is 1.05. The number of unbranched alkanes of at least 4 members (excludes halogenated alkanes) is 2. The van der Waals surface area contributed by atoms with Crippen molar-refractivity contribution in [3.8, 4) is 0 Å². The van der Waals surface area contributed by atoms with Crippen molar-refractivity contribution in [1.82, 2.24) is 14.5 Å². The van der Waals surface area contributed by atoms with Gasteiger partial charge in [0.05, 0.1) is 16.7 Å². The Morgan fingerprint density at radius 1 is 1.09 bits per heavy atom. The van der Waals surface area contributed by atoms with Crippen LogP contribution < -0.4 is 10.6 Å². The van der Waals surface area contributed by atoms with Crippen LogP contribution in [-0.4, -0.2) is 34.4 Å². The summed E-state index contributed by atoms with van der Waals surface area (Å²) in [5.41, 5.74) is 9.77. The Balaban J connectivity index is 1.42. The minimum Gasteiger partial charge on any atom is -0.382 e. The van der Waals surface area contributed by atoms with Crippen molar-refractivity contribution in [3.05, 3.63) is 59.7 Å². The fourth-order valence-electron chi connectivity index (χ4n) is 4.34. The third-order valence-corrected chi connectivity index (χ3v) is 6.04. The molecule has 33 heavy (non-hydrogen) atoms. The molecular weight excluding hydrogens is 417 g/mol. The Morgan fingerprint density at radius 3 is 2.61 bits per heavy atom. The molecule has 172 valence electrons. The van der Waals surface area contributed by atoms with Crippen molar-refractivity contribution in [2.24, 2.45) is 0 Å². The van der Waals surface area contributed by atoms with E-state index in [-0.39, 0.29) is 11.6 Å². The molecule has 0 saturated carbocycles. The SMILES string of the molecule is CCc1nc2c(N)nc3ccccc3c2n1CCCCCC(=O)c1ccc(N(C)C)c(F)c1. The smallest absolute Gasteiger partial charge is 0.162 e. The van der Waals surface area contributed by atoms with Gasteiger partial charge >= 0.3 is 0 Å². The second-order valence-corrected chi connectivity index (χ2v) is 8.54. The van der Waals surface area contributed by atoms with Crippen LogP contribution in [0.1, 0.15) is 48.8 Å². The minimum atomic E-state index is -0.370. The number of carbonyl (C=O) groups is 1. The molecule has 7 heteroatoms. The maximum atomic E-state index is 14.2. The number of benzene rings is 2. The first kappa shape index (κ1) is 22.7. The number of pyridine rings is 1. The Bertz CT molecular complexity index is 1310. The van der Waals surface area contributed by atoms with Crippen LogP contribution >= 0.6 is 0 Å². The third kappa shape index (κ3) is 4.53. The summed E-state index contributed by atoms with van der Waals surface area (Å²) in [4.78, 5) is 23.5. The van der Waals surface area contributed by atoms with Crippen LogP contribution in [0.4, 0.5) is 15.9 Å². The van der Waals surface area contributed by atoms with Crippen LogP contribution in [0.2, 0.25) is 0 Å². The summed E-state index contributed by atoms with van der Waals surface area (Å²) in [7, 11) is 3.56. The van der Waals surface area contributed by atoms with Crippen molar-refractivity contribution in [2.45, 2.75) is 45.6 Å². The van der Waals surface area contributed by atoms with Gasteiger partial charge in [0.2, 0.25) is 0 Å². The summed E-state index contributed by atoms with van der Waals surface area (Å²) < 4.78 is 16.4. The van der Waals surface area contributed by atoms with Gasteiger partial charge < -0.3 is 15.2 Å². The molecule has 0 aliphatic carbocycles. The normalized spacial score (nSPS) is 11.4. The first-order valence-electron chi connectivity index (χ1n) is 11.4. The molecule has 0 unspecified atom stereocenters. The minimum absolute atomic E-state index is 0.0219. The first-order valence-corrected chi connectivity index (χ1v) is 11.4. The number of rotatable bonds is 9. The third-order valence-electron chi connectivity index (χ3n) is 6.04. The number of imidazole rings is 1. The number of hydrogen-bond donors (Lipinski definition) is 1. The van der Waals surface area contributed by atoms with E-state index in [4.69, 9.17) is 10.7 Å². The van der Waals surface area contributed by atoms with Gasteiger partial charge in [-0.05, 0) is 37.1 Å². The van der Waals surface area contributed by atoms with E-state index in [0.717, 1.165) is 60.0 Å². The maximum absolute atomic E-state index is 14.2. The molecule has 6 nitrogen and oxygen atoms in total. The fraction of sp³-hybridized carbons (Fsp3) is 0.346. The average Bonchev–Trinajstić information content (AvgIpc) is 3.18. The standard InChI is InChI=1S/C26H30FN5O/c1-4-23-30-24-25(18-10-7-8-11-20(18)29-26(24)28)32(23)15-9-5-6-12-22(33)17-13-14-21(31(2)3)19(27)16-17/h7-8,10-11,13-14,16H,4-6,9,12,15H2,1-3H3,(H2,28,29). The number of para-hydroxylation sites is 1. The molecule has 0 radical (unpaired) electrons. The van der Waals surface area contributed by atoms with Crippen molar-refractivity contribution in [3.63, 3.8) is 0 Å². The number of carbonyl (C=O) groups excluding carboxylic acids is 1. The van der Waals surface area contributed by atoms with Gasteiger partial charge in [0.25, 0.3) is 0 Å². The number of nitrogens with two attached hydrogens (primary N) is 1. The summed E-state index contributed by atoms with van der Waals surface area (Å²) in [6.07, 6.45) is 3.78. The van der Waals surface area contributed by atoms with E-state index in [0.29, 0.717) is 23.5 Å². The number of Topliss-reactive ketones (excluding diaryl/α,β-unsaturated/α-hetero) is 1. The van der Waals surface area contributed by atoms with Crippen molar-refractivity contribution < 1.29 is 9.18 Å². The Labute approximate surface area is 193 Å². The van der Waals surface area contributed by atoms with E-state index in [2.05, 4.69) is 22.5 Å². The highest BCUT2D eigenvalue weighted by molar-refractivity contribution is 6.06. The number of nitrogen functional groups attached to an aromatic ring is 1. The lowest BCUT2D eigenvalue weighted by Gasteiger charge is -2.14. The maximum Gasteiger partial charge on any atom is 0.162 e. The Hall–Kier alpha value is -3.48. The number of ketones is 1. The molecule has 0 saturated heterocycles. The second-order valence-electron chi connectivity index (χ2n) is 8.54. The van der Waals surface area contributed by atoms with Gasteiger partial charge in [-0.3, -0.25) is 4.79 Å². The van der Waals surface area contributed by atoms with Crippen LogP contribution in [0, 0.1) is 5.82 Å². The Morgan fingerprint density at radius 2 is 1.88 bits per heavy atom. The molecule has 0 bridgehead atoms. The zero-order chi connectivity index (χ0) is 23.5. The van der Waals surface area contributed by atoms with Crippen LogP contribution in [0.15, 0.2) is 42.5 Å². The van der Waals surface area contributed by atoms with Crippen molar-refractivity contribution >= 4 is 39.2 Å². The quantitative estimate of drug-likeness (QED) is 0.275. The molecule has 2 aromatic heterocycles. The molecule has 0 spiro atoms. The molecule has 0 aliphatic heterocycles. The molecule has 0 amide bonds. The van der Waals surface area contributed by atoms with Gasteiger partial charge in [0, 0.05) is 44.4 Å². The van der Waals surface area contributed by atoms with E-state index in [9.17, 15) is 9.18 Å². The van der Waals surface area contributed by atoms with Crippen LogP contribution in [0.3, 0.4) is 0 Å². The summed E-state index contributed by atoms with van der Waals surface area (Å²) in [5.74, 6) is 1.05. The molecular formula is C26H30FN5O. The lowest BCUT2D eigenvalue weighted by atomic mass is 10.0. The predicted octanol–water partition coefficient (Wildman–Crippen LogP) is 5.38. The zero-order valence-electron chi connectivity index (χ0n) is 19.4. The number of halogens is 1. The summed E-state index contributed by atoms with van der Waals surface area (Å²) >= 11 is 0. The molecule has 2 N–H and O–H groups in total. The van der Waals surface area contributed by atoms with E-state index >= 15 is 0 Å². The lowest BCUT2D eigenvalue weighted by molar-refractivity contribution is 0.0978. The number of nitrogens with zero attached hydrogens (tertiary/aromatic N) is 4. The lowest BCUT2D eigenvalue weighted by Crippen LogP contribution is -2.11. The number of anilines is 2. The van der Waals surface area contributed by atoms with E-state index in [1.165, 1.54) is 6.07 Å². The molecule has 0 fully saturated rings. The van der Waals surface area contributed by atoms with Crippen LogP contribution in [-0.2, 0) is 13.0 Å². The fourth-order valence-corrected chi connectivity index (χ4v) is 4.34. The van der Waals surface area contributed by atoms with Gasteiger partial charge in [-0.25, -0.2) is 14.4 Å². The highest BCUT2D eigenvalue weighted by Crippen LogP contribution is 2.29. The van der Waals surface area contributed by atoms with E-state index < -0.39 is 0 Å². The molecule has 0 atom stereocenters.